The van der Waals surface area contributed by atoms with Crippen molar-refractivity contribution in [1.29, 1.82) is 0 Å². The fraction of sp³-hybridized carbons (Fsp3) is 0.200. The minimum absolute atomic E-state index is 0.182. The van der Waals surface area contributed by atoms with E-state index in [1.165, 1.54) is 0 Å². The number of ether oxygens (including phenoxy) is 1. The van der Waals surface area contributed by atoms with Gasteiger partial charge in [0.25, 0.3) is 5.91 Å². The molecule has 140 valence electrons. The molecule has 3 aromatic rings. The summed E-state index contributed by atoms with van der Waals surface area (Å²) in [6.07, 6.45) is 0. The summed E-state index contributed by atoms with van der Waals surface area (Å²) >= 11 is 12.1. The Morgan fingerprint density at radius 2 is 1.89 bits per heavy atom. The zero-order valence-electron chi connectivity index (χ0n) is 14.9. The predicted molar refractivity (Wildman–Crippen MR) is 106 cm³/mol. The van der Waals surface area contributed by atoms with Gasteiger partial charge >= 0.3 is 0 Å². The number of anilines is 1. The van der Waals surface area contributed by atoms with Gasteiger partial charge in [-0.2, -0.15) is 0 Å². The first-order chi connectivity index (χ1) is 13.0. The van der Waals surface area contributed by atoms with E-state index in [0.29, 0.717) is 28.1 Å². The summed E-state index contributed by atoms with van der Waals surface area (Å²) in [6.45, 7) is 3.82. The monoisotopic (exact) mass is 404 g/mol. The Bertz CT molecular complexity index is 922. The average molecular weight is 405 g/mol. The standard InChI is InChI=1S/C20H18Cl2N2O3/c1-13-17(14(2)27-23-13)11-24(16-6-4-3-5-7-16)20(25)12-26-19-10-15(21)8-9-18(19)22/h3-10H,11-12H2,1-2H3. The molecule has 1 amide bonds. The number of hydrogen-bond donors (Lipinski definition) is 0. The van der Waals surface area contributed by atoms with Crippen LogP contribution in [0, 0.1) is 13.8 Å². The van der Waals surface area contributed by atoms with Crippen LogP contribution in [0.25, 0.3) is 0 Å². The Balaban J connectivity index is 1.82. The second kappa shape index (κ2) is 8.46. The molecule has 0 saturated heterocycles. The Labute approximate surface area is 167 Å². The zero-order valence-corrected chi connectivity index (χ0v) is 16.4. The van der Waals surface area contributed by atoms with Crippen LogP contribution in [0.3, 0.4) is 0 Å². The Hall–Kier alpha value is -2.50. The van der Waals surface area contributed by atoms with Crippen LogP contribution in [0.4, 0.5) is 5.69 Å². The van der Waals surface area contributed by atoms with E-state index in [-0.39, 0.29) is 12.5 Å². The van der Waals surface area contributed by atoms with Gasteiger partial charge in [-0.3, -0.25) is 4.79 Å². The second-order valence-electron chi connectivity index (χ2n) is 5.98. The van der Waals surface area contributed by atoms with E-state index in [4.69, 9.17) is 32.5 Å². The molecule has 0 aliphatic carbocycles. The van der Waals surface area contributed by atoms with E-state index in [0.717, 1.165) is 16.9 Å². The smallest absolute Gasteiger partial charge is 0.265 e. The summed E-state index contributed by atoms with van der Waals surface area (Å²) in [5, 5.41) is 4.84. The maximum Gasteiger partial charge on any atom is 0.265 e. The van der Waals surface area contributed by atoms with Crippen LogP contribution in [0.5, 0.6) is 5.75 Å². The largest absolute Gasteiger partial charge is 0.482 e. The number of aromatic nitrogens is 1. The molecule has 0 radical (unpaired) electrons. The van der Waals surface area contributed by atoms with Crippen molar-refractivity contribution in [3.63, 3.8) is 0 Å². The van der Waals surface area contributed by atoms with Crippen LogP contribution in [-0.4, -0.2) is 17.7 Å². The van der Waals surface area contributed by atoms with Gasteiger partial charge in [0, 0.05) is 22.3 Å². The lowest BCUT2D eigenvalue weighted by Crippen LogP contribution is -2.34. The highest BCUT2D eigenvalue weighted by Gasteiger charge is 2.21. The van der Waals surface area contributed by atoms with Crippen LogP contribution in [-0.2, 0) is 11.3 Å². The van der Waals surface area contributed by atoms with Crippen molar-refractivity contribution in [3.8, 4) is 5.75 Å². The first kappa shape index (κ1) is 19.3. The zero-order chi connectivity index (χ0) is 19.4. The van der Waals surface area contributed by atoms with Crippen molar-refractivity contribution in [1.82, 2.24) is 5.16 Å². The summed E-state index contributed by atoms with van der Waals surface area (Å²) in [5.41, 5.74) is 2.37. The summed E-state index contributed by atoms with van der Waals surface area (Å²) in [6, 6.07) is 14.2. The molecule has 0 bridgehead atoms. The van der Waals surface area contributed by atoms with Gasteiger partial charge in [-0.05, 0) is 38.1 Å². The number of rotatable bonds is 6. The first-order valence-corrected chi connectivity index (χ1v) is 9.06. The van der Waals surface area contributed by atoms with Gasteiger partial charge in [0.2, 0.25) is 0 Å². The van der Waals surface area contributed by atoms with Crippen molar-refractivity contribution < 1.29 is 14.1 Å². The van der Waals surface area contributed by atoms with Gasteiger partial charge in [0.1, 0.15) is 11.5 Å². The Morgan fingerprint density at radius 1 is 1.15 bits per heavy atom. The molecule has 2 aromatic carbocycles. The summed E-state index contributed by atoms with van der Waals surface area (Å²) in [5.74, 6) is 0.820. The van der Waals surface area contributed by atoms with Crippen molar-refractivity contribution in [2.75, 3.05) is 11.5 Å². The summed E-state index contributed by atoms with van der Waals surface area (Å²) < 4.78 is 10.8. The van der Waals surface area contributed by atoms with E-state index in [1.807, 2.05) is 44.2 Å². The first-order valence-electron chi connectivity index (χ1n) is 8.30. The molecule has 1 aromatic heterocycles. The third-order valence-corrected chi connectivity index (χ3v) is 4.66. The minimum Gasteiger partial charge on any atom is -0.482 e. The number of halogens is 2. The van der Waals surface area contributed by atoms with E-state index in [1.54, 1.807) is 23.1 Å². The highest BCUT2D eigenvalue weighted by atomic mass is 35.5. The number of carbonyl (C=O) groups excluding carboxylic acids is 1. The number of nitrogens with zero attached hydrogens (tertiary/aromatic N) is 2. The third-order valence-electron chi connectivity index (χ3n) is 4.11. The quantitative estimate of drug-likeness (QED) is 0.565. The lowest BCUT2D eigenvalue weighted by Gasteiger charge is -2.23. The molecule has 0 unspecified atom stereocenters. The molecule has 27 heavy (non-hydrogen) atoms. The molecule has 7 heteroatoms. The van der Waals surface area contributed by atoms with Crippen molar-refractivity contribution >= 4 is 34.8 Å². The van der Waals surface area contributed by atoms with E-state index in [9.17, 15) is 4.79 Å². The number of amides is 1. The fourth-order valence-corrected chi connectivity index (χ4v) is 2.96. The van der Waals surface area contributed by atoms with Gasteiger partial charge < -0.3 is 14.2 Å². The van der Waals surface area contributed by atoms with Crippen molar-refractivity contribution in [3.05, 3.63) is 75.6 Å². The minimum atomic E-state index is -0.225. The van der Waals surface area contributed by atoms with Crippen LogP contribution in [0.15, 0.2) is 53.1 Å². The van der Waals surface area contributed by atoms with E-state index >= 15 is 0 Å². The number of carbonyl (C=O) groups is 1. The molecular weight excluding hydrogens is 387 g/mol. The van der Waals surface area contributed by atoms with Crippen molar-refractivity contribution in [2.45, 2.75) is 20.4 Å². The van der Waals surface area contributed by atoms with Crippen molar-refractivity contribution in [2.24, 2.45) is 0 Å². The highest BCUT2D eigenvalue weighted by Crippen LogP contribution is 2.28. The summed E-state index contributed by atoms with van der Waals surface area (Å²) in [4.78, 5) is 14.6. The molecule has 0 N–H and O–H groups in total. The molecule has 1 heterocycles. The Kier molecular flexibility index (Phi) is 6.04. The lowest BCUT2D eigenvalue weighted by molar-refractivity contribution is -0.120. The highest BCUT2D eigenvalue weighted by molar-refractivity contribution is 6.34. The lowest BCUT2D eigenvalue weighted by atomic mass is 10.1. The Morgan fingerprint density at radius 3 is 2.56 bits per heavy atom. The second-order valence-corrected chi connectivity index (χ2v) is 6.83. The van der Waals surface area contributed by atoms with Gasteiger partial charge in [0.05, 0.1) is 17.3 Å². The molecule has 0 aliphatic heterocycles. The molecule has 0 fully saturated rings. The maximum absolute atomic E-state index is 12.9. The number of para-hydroxylation sites is 1. The van der Waals surface area contributed by atoms with Gasteiger partial charge in [0.15, 0.2) is 6.61 Å². The number of aryl methyl sites for hydroxylation is 2. The molecular formula is C20H18Cl2N2O3. The molecule has 0 aliphatic rings. The van der Waals surface area contributed by atoms with Gasteiger partial charge in [-0.15, -0.1) is 0 Å². The SMILES string of the molecule is Cc1noc(C)c1CN(C(=O)COc1cc(Cl)ccc1Cl)c1ccccc1. The molecule has 0 atom stereocenters. The fourth-order valence-electron chi connectivity index (χ4n) is 2.62. The van der Waals surface area contributed by atoms with Crippen LogP contribution < -0.4 is 9.64 Å². The average Bonchev–Trinajstić information content (AvgIpc) is 2.98. The van der Waals surface area contributed by atoms with Crippen LogP contribution in [0.2, 0.25) is 10.0 Å². The summed E-state index contributed by atoms with van der Waals surface area (Å²) in [7, 11) is 0. The normalized spacial score (nSPS) is 10.7. The molecule has 0 saturated carbocycles. The predicted octanol–water partition coefficient (Wildman–Crippen LogP) is 5.21. The van der Waals surface area contributed by atoms with Gasteiger partial charge in [-0.25, -0.2) is 0 Å². The molecule has 5 nitrogen and oxygen atoms in total. The van der Waals surface area contributed by atoms with Crippen LogP contribution in [0.1, 0.15) is 17.0 Å². The molecule has 0 spiro atoms. The third kappa shape index (κ3) is 4.62. The van der Waals surface area contributed by atoms with Crippen LogP contribution >= 0.6 is 23.2 Å². The number of benzene rings is 2. The number of hydrogen-bond acceptors (Lipinski definition) is 4. The topological polar surface area (TPSA) is 55.6 Å². The molecule has 3 rings (SSSR count). The van der Waals surface area contributed by atoms with E-state index < -0.39 is 0 Å². The van der Waals surface area contributed by atoms with E-state index in [2.05, 4.69) is 5.16 Å². The van der Waals surface area contributed by atoms with Gasteiger partial charge in [-0.1, -0.05) is 46.6 Å². The maximum atomic E-state index is 12.9.